The van der Waals surface area contributed by atoms with Crippen molar-refractivity contribution in [1.82, 2.24) is 9.88 Å². The van der Waals surface area contributed by atoms with Gasteiger partial charge in [-0.15, -0.1) is 23.7 Å². The number of halogens is 1. The summed E-state index contributed by atoms with van der Waals surface area (Å²) in [7, 11) is -2.92. The highest BCUT2D eigenvalue weighted by atomic mass is 35.5. The van der Waals surface area contributed by atoms with Gasteiger partial charge in [0.05, 0.1) is 5.25 Å². The van der Waals surface area contributed by atoms with E-state index in [9.17, 15) is 8.42 Å². The molecule has 1 unspecified atom stereocenters. The van der Waals surface area contributed by atoms with Crippen molar-refractivity contribution in [2.45, 2.75) is 24.6 Å². The lowest BCUT2D eigenvalue weighted by Gasteiger charge is -2.31. The van der Waals surface area contributed by atoms with E-state index in [0.29, 0.717) is 11.7 Å². The molecule has 18 heavy (non-hydrogen) atoms. The maximum Gasteiger partial charge on any atom is 0.180 e. The molecule has 0 spiro atoms. The fraction of sp³-hybridized carbons (Fsp3) is 0.700. The van der Waals surface area contributed by atoms with Crippen LogP contribution in [0.5, 0.6) is 0 Å². The van der Waals surface area contributed by atoms with Crippen molar-refractivity contribution in [1.29, 1.82) is 0 Å². The Balaban J connectivity index is 0.00000162. The molecule has 2 heterocycles. The monoisotopic (exact) mass is 311 g/mol. The van der Waals surface area contributed by atoms with Crippen molar-refractivity contribution < 1.29 is 8.42 Å². The summed E-state index contributed by atoms with van der Waals surface area (Å²) >= 11 is 1.47. The molecule has 0 aliphatic carbocycles. The number of anilines is 1. The van der Waals surface area contributed by atoms with Gasteiger partial charge >= 0.3 is 0 Å². The number of nitrogens with zero attached hydrogens (tertiary/aromatic N) is 2. The van der Waals surface area contributed by atoms with Crippen LogP contribution in [0, 0.1) is 0 Å². The first kappa shape index (κ1) is 15.7. The van der Waals surface area contributed by atoms with Gasteiger partial charge in [0.2, 0.25) is 0 Å². The molecule has 1 atom stereocenters. The van der Waals surface area contributed by atoms with E-state index in [1.807, 2.05) is 0 Å². The third-order valence-electron chi connectivity index (χ3n) is 3.02. The molecule has 1 aromatic heterocycles. The maximum absolute atomic E-state index is 11.5. The van der Waals surface area contributed by atoms with E-state index in [-0.39, 0.29) is 17.7 Å². The first-order chi connectivity index (χ1) is 7.95. The minimum Gasteiger partial charge on any atom is -0.375 e. The minimum absolute atomic E-state index is 0. The summed E-state index contributed by atoms with van der Waals surface area (Å²) in [6, 6.07) is 0. The van der Waals surface area contributed by atoms with E-state index in [0.717, 1.165) is 30.8 Å². The number of hydrogen-bond acceptors (Lipinski definition) is 6. The Morgan fingerprint density at radius 1 is 1.61 bits per heavy atom. The number of aromatic nitrogens is 1. The van der Waals surface area contributed by atoms with Gasteiger partial charge in [-0.2, -0.15) is 0 Å². The molecule has 1 aromatic rings. The number of nitrogen functional groups attached to an aromatic ring is 1. The lowest BCUT2D eigenvalue weighted by molar-refractivity contribution is 0.224. The van der Waals surface area contributed by atoms with Gasteiger partial charge in [-0.3, -0.25) is 4.90 Å². The predicted octanol–water partition coefficient (Wildman–Crippen LogP) is 1.16. The SMILES string of the molecule is CS(=O)(=O)C1CCCN(Cc2cnc(N)s2)C1.Cl. The van der Waals surface area contributed by atoms with Gasteiger partial charge in [0.25, 0.3) is 0 Å². The van der Waals surface area contributed by atoms with Crippen LogP contribution >= 0.6 is 23.7 Å². The van der Waals surface area contributed by atoms with Crippen molar-refractivity contribution >= 4 is 38.7 Å². The Morgan fingerprint density at radius 2 is 2.33 bits per heavy atom. The number of rotatable bonds is 3. The topological polar surface area (TPSA) is 76.3 Å². The van der Waals surface area contributed by atoms with Crippen LogP contribution in [0.4, 0.5) is 5.13 Å². The van der Waals surface area contributed by atoms with Crippen molar-refractivity contribution in [3.63, 3.8) is 0 Å². The predicted molar refractivity (Wildman–Crippen MR) is 76.9 cm³/mol. The highest BCUT2D eigenvalue weighted by molar-refractivity contribution is 7.91. The molecule has 104 valence electrons. The van der Waals surface area contributed by atoms with Gasteiger partial charge in [0.15, 0.2) is 15.0 Å². The highest BCUT2D eigenvalue weighted by Gasteiger charge is 2.27. The number of piperidine rings is 1. The van der Waals surface area contributed by atoms with Crippen molar-refractivity contribution in [3.8, 4) is 0 Å². The molecular weight excluding hydrogens is 294 g/mol. The average molecular weight is 312 g/mol. The second kappa shape index (κ2) is 6.18. The fourth-order valence-electron chi connectivity index (χ4n) is 2.12. The number of thiazole rings is 1. The molecule has 1 aliphatic heterocycles. The van der Waals surface area contributed by atoms with Crippen LogP contribution in [0.1, 0.15) is 17.7 Å². The Kier molecular flexibility index (Phi) is 5.39. The van der Waals surface area contributed by atoms with E-state index >= 15 is 0 Å². The summed E-state index contributed by atoms with van der Waals surface area (Å²) in [6.45, 7) is 2.32. The second-order valence-electron chi connectivity index (χ2n) is 4.49. The van der Waals surface area contributed by atoms with E-state index < -0.39 is 9.84 Å². The zero-order valence-corrected chi connectivity index (χ0v) is 12.7. The van der Waals surface area contributed by atoms with Crippen molar-refractivity contribution in [2.24, 2.45) is 0 Å². The first-order valence-electron chi connectivity index (χ1n) is 5.56. The first-order valence-corrected chi connectivity index (χ1v) is 8.33. The summed E-state index contributed by atoms with van der Waals surface area (Å²) in [6.07, 6.45) is 4.81. The quantitative estimate of drug-likeness (QED) is 0.906. The van der Waals surface area contributed by atoms with Crippen LogP contribution in [-0.2, 0) is 16.4 Å². The zero-order valence-electron chi connectivity index (χ0n) is 10.2. The molecular formula is C10H18ClN3O2S2. The van der Waals surface area contributed by atoms with Gasteiger partial charge in [0, 0.05) is 30.4 Å². The van der Waals surface area contributed by atoms with Crippen molar-refractivity contribution in [2.75, 3.05) is 25.1 Å². The van der Waals surface area contributed by atoms with Gasteiger partial charge in [-0.1, -0.05) is 0 Å². The Hall–Kier alpha value is -0.370. The molecule has 0 radical (unpaired) electrons. The van der Waals surface area contributed by atoms with Crippen molar-refractivity contribution in [3.05, 3.63) is 11.1 Å². The molecule has 2 N–H and O–H groups in total. The lowest BCUT2D eigenvalue weighted by Crippen LogP contribution is -2.41. The Bertz CT molecular complexity index is 489. The van der Waals surface area contributed by atoms with Crippen LogP contribution in [0.2, 0.25) is 0 Å². The summed E-state index contributed by atoms with van der Waals surface area (Å²) in [5, 5.41) is 0.346. The number of hydrogen-bond donors (Lipinski definition) is 1. The molecule has 1 aliphatic rings. The van der Waals surface area contributed by atoms with Crippen LogP contribution in [0.3, 0.4) is 0 Å². The second-order valence-corrected chi connectivity index (χ2v) is 7.97. The van der Waals surface area contributed by atoms with Gasteiger partial charge in [0.1, 0.15) is 0 Å². The molecule has 0 aromatic carbocycles. The van der Waals surface area contributed by atoms with E-state index in [1.54, 1.807) is 6.20 Å². The number of sulfone groups is 1. The normalized spacial score (nSPS) is 21.5. The standard InChI is InChI=1S/C10H17N3O2S2.ClH/c1-17(14,15)9-3-2-4-13(7-9)6-8-5-12-10(11)16-8;/h5,9H,2-4,6-7H2,1H3,(H2,11,12);1H. The number of likely N-dealkylation sites (tertiary alicyclic amines) is 1. The summed E-state index contributed by atoms with van der Waals surface area (Å²) in [5.41, 5.74) is 5.57. The summed E-state index contributed by atoms with van der Waals surface area (Å²) in [5.74, 6) is 0. The average Bonchev–Trinajstić information content (AvgIpc) is 2.63. The smallest absolute Gasteiger partial charge is 0.180 e. The van der Waals surface area contributed by atoms with E-state index in [1.165, 1.54) is 17.6 Å². The van der Waals surface area contributed by atoms with Crippen LogP contribution in [-0.4, -0.2) is 42.9 Å². The summed E-state index contributed by atoms with van der Waals surface area (Å²) in [4.78, 5) is 7.26. The maximum atomic E-state index is 11.5. The Labute approximate surface area is 118 Å². The molecule has 2 rings (SSSR count). The fourth-order valence-corrected chi connectivity index (χ4v) is 3.93. The number of nitrogens with two attached hydrogens (primary N) is 1. The Morgan fingerprint density at radius 3 is 2.89 bits per heavy atom. The minimum atomic E-state index is -2.92. The van der Waals surface area contributed by atoms with Crippen LogP contribution in [0.25, 0.3) is 0 Å². The summed E-state index contributed by atoms with van der Waals surface area (Å²) < 4.78 is 23.1. The molecule has 0 amide bonds. The van der Waals surface area contributed by atoms with Crippen LogP contribution in [0.15, 0.2) is 6.20 Å². The van der Waals surface area contributed by atoms with Crippen LogP contribution < -0.4 is 5.73 Å². The molecule has 1 fully saturated rings. The third kappa shape index (κ3) is 4.08. The van der Waals surface area contributed by atoms with Gasteiger partial charge in [-0.05, 0) is 19.4 Å². The molecule has 8 heteroatoms. The molecule has 0 bridgehead atoms. The highest BCUT2D eigenvalue weighted by Crippen LogP contribution is 2.21. The van der Waals surface area contributed by atoms with Gasteiger partial charge < -0.3 is 5.73 Å². The van der Waals surface area contributed by atoms with E-state index in [2.05, 4.69) is 9.88 Å². The van der Waals surface area contributed by atoms with E-state index in [4.69, 9.17) is 5.73 Å². The zero-order chi connectivity index (χ0) is 12.5. The molecule has 0 saturated carbocycles. The third-order valence-corrected chi connectivity index (χ3v) is 5.43. The lowest BCUT2D eigenvalue weighted by atomic mass is 10.1. The molecule has 5 nitrogen and oxygen atoms in total. The van der Waals surface area contributed by atoms with Gasteiger partial charge in [-0.25, -0.2) is 13.4 Å². The largest absolute Gasteiger partial charge is 0.375 e. The molecule has 1 saturated heterocycles.